The van der Waals surface area contributed by atoms with Gasteiger partial charge in [0.15, 0.2) is 5.65 Å². The number of nitrogens with zero attached hydrogens (tertiary/aromatic N) is 3. The zero-order chi connectivity index (χ0) is 13.2. The molecule has 0 spiro atoms. The highest BCUT2D eigenvalue weighted by atomic mass is 19.4. The summed E-state index contributed by atoms with van der Waals surface area (Å²) in [6.45, 7) is -0.496. The summed E-state index contributed by atoms with van der Waals surface area (Å²) in [5.41, 5.74) is 0.399. The fourth-order valence-corrected chi connectivity index (χ4v) is 1.29. The van der Waals surface area contributed by atoms with E-state index in [1.807, 2.05) is 0 Å². The van der Waals surface area contributed by atoms with Crippen LogP contribution in [0.2, 0.25) is 0 Å². The summed E-state index contributed by atoms with van der Waals surface area (Å²) in [7, 11) is 1.59. The van der Waals surface area contributed by atoms with Gasteiger partial charge in [-0.05, 0) is 0 Å². The molecule has 0 radical (unpaired) electrons. The highest BCUT2D eigenvalue weighted by Crippen LogP contribution is 2.24. The maximum Gasteiger partial charge on any atom is 0.392 e. The Bertz CT molecular complexity index is 538. The zero-order valence-electron chi connectivity index (χ0n) is 9.38. The van der Waals surface area contributed by atoms with Crippen LogP contribution < -0.4 is 10.1 Å². The van der Waals surface area contributed by atoms with Gasteiger partial charge in [-0.15, -0.1) is 0 Å². The Morgan fingerprint density at radius 1 is 1.39 bits per heavy atom. The molecule has 0 saturated heterocycles. The second kappa shape index (κ2) is 4.67. The first-order valence-electron chi connectivity index (χ1n) is 5.08. The van der Waals surface area contributed by atoms with Crippen molar-refractivity contribution >= 4 is 17.0 Å². The molecule has 0 bridgehead atoms. The number of aromatic nitrogens is 4. The average molecular weight is 261 g/mol. The van der Waals surface area contributed by atoms with Gasteiger partial charge in [0.25, 0.3) is 0 Å². The maximum absolute atomic E-state index is 12.0. The lowest BCUT2D eigenvalue weighted by Gasteiger charge is -2.09. The minimum absolute atomic E-state index is 0.0716. The van der Waals surface area contributed by atoms with E-state index in [1.54, 1.807) is 7.05 Å². The van der Waals surface area contributed by atoms with Crippen LogP contribution in [0.1, 0.15) is 6.42 Å². The summed E-state index contributed by atoms with van der Waals surface area (Å²) < 4.78 is 41.1. The van der Waals surface area contributed by atoms with Crippen LogP contribution in [0, 0.1) is 0 Å². The number of hydrogen-bond acceptors (Lipinski definition) is 5. The van der Waals surface area contributed by atoms with Crippen molar-refractivity contribution in [2.75, 3.05) is 19.0 Å². The predicted octanol–water partition coefficient (Wildman–Crippen LogP) is 1.73. The van der Waals surface area contributed by atoms with Gasteiger partial charge in [-0.3, -0.25) is 5.10 Å². The van der Waals surface area contributed by atoms with Gasteiger partial charge >= 0.3 is 6.18 Å². The second-order valence-electron chi connectivity index (χ2n) is 3.45. The van der Waals surface area contributed by atoms with Crippen LogP contribution in [-0.2, 0) is 0 Å². The molecular formula is C9H10F3N5O. The Kier molecular flexibility index (Phi) is 3.21. The van der Waals surface area contributed by atoms with Gasteiger partial charge in [0, 0.05) is 7.05 Å². The third-order valence-electron chi connectivity index (χ3n) is 2.12. The van der Waals surface area contributed by atoms with Gasteiger partial charge in [-0.2, -0.15) is 28.2 Å². The van der Waals surface area contributed by atoms with Crippen molar-refractivity contribution in [1.29, 1.82) is 0 Å². The minimum atomic E-state index is -4.26. The van der Waals surface area contributed by atoms with E-state index >= 15 is 0 Å². The molecule has 6 nitrogen and oxygen atoms in total. The monoisotopic (exact) mass is 261 g/mol. The first-order valence-corrected chi connectivity index (χ1v) is 5.08. The van der Waals surface area contributed by atoms with Crippen LogP contribution in [0.3, 0.4) is 0 Å². The third-order valence-corrected chi connectivity index (χ3v) is 2.12. The molecule has 0 fully saturated rings. The van der Waals surface area contributed by atoms with Crippen molar-refractivity contribution in [1.82, 2.24) is 20.2 Å². The number of halogens is 3. The molecule has 0 aliphatic carbocycles. The molecule has 0 saturated carbocycles. The molecule has 2 aromatic rings. The summed E-state index contributed by atoms with van der Waals surface area (Å²) in [4.78, 5) is 7.97. The van der Waals surface area contributed by atoms with E-state index in [2.05, 4.69) is 25.5 Å². The number of ether oxygens (including phenoxy) is 1. The Morgan fingerprint density at radius 3 is 2.83 bits per heavy atom. The van der Waals surface area contributed by atoms with Crippen molar-refractivity contribution < 1.29 is 17.9 Å². The Balaban J connectivity index is 2.18. The molecule has 2 N–H and O–H groups in total. The second-order valence-corrected chi connectivity index (χ2v) is 3.45. The summed E-state index contributed by atoms with van der Waals surface area (Å²) in [5.74, 6) is 0.316. The van der Waals surface area contributed by atoms with Gasteiger partial charge in [-0.25, -0.2) is 0 Å². The summed E-state index contributed by atoms with van der Waals surface area (Å²) >= 11 is 0. The number of H-pyrrole nitrogens is 1. The molecule has 0 aliphatic rings. The Morgan fingerprint density at radius 2 is 2.17 bits per heavy atom. The topological polar surface area (TPSA) is 75.7 Å². The normalized spacial score (nSPS) is 11.8. The van der Waals surface area contributed by atoms with Crippen molar-refractivity contribution in [2.24, 2.45) is 0 Å². The van der Waals surface area contributed by atoms with E-state index in [-0.39, 0.29) is 11.8 Å². The number of nitrogens with one attached hydrogen (secondary N) is 2. The molecule has 0 amide bonds. The summed E-state index contributed by atoms with van der Waals surface area (Å²) in [5, 5.41) is 9.46. The highest BCUT2D eigenvalue weighted by molar-refractivity contribution is 5.80. The Hall–Kier alpha value is -2.06. The SMILES string of the molecule is CNc1nc(OCCC(F)(F)F)c2cn[nH]c2n1. The standard InChI is InChI=1S/C9H10F3N5O/c1-13-8-15-6-5(4-14-17-6)7(16-8)18-3-2-9(10,11)12/h4H,2-3H2,1H3,(H2,13,14,15,16,17). The molecule has 0 atom stereocenters. The first-order chi connectivity index (χ1) is 8.49. The fourth-order valence-electron chi connectivity index (χ4n) is 1.29. The van der Waals surface area contributed by atoms with Gasteiger partial charge in [0.2, 0.25) is 11.8 Å². The zero-order valence-corrected chi connectivity index (χ0v) is 9.38. The van der Waals surface area contributed by atoms with Crippen LogP contribution >= 0.6 is 0 Å². The molecule has 18 heavy (non-hydrogen) atoms. The van der Waals surface area contributed by atoms with E-state index in [1.165, 1.54) is 6.20 Å². The van der Waals surface area contributed by atoms with Gasteiger partial charge in [0.05, 0.1) is 19.2 Å². The predicted molar refractivity (Wildman–Crippen MR) is 57.4 cm³/mol. The molecule has 2 aromatic heterocycles. The fraction of sp³-hybridized carbons (Fsp3) is 0.444. The number of aromatic amines is 1. The average Bonchev–Trinajstić information content (AvgIpc) is 2.75. The molecule has 98 valence electrons. The van der Waals surface area contributed by atoms with E-state index in [4.69, 9.17) is 4.74 Å². The lowest BCUT2D eigenvalue weighted by molar-refractivity contribution is -0.139. The third kappa shape index (κ3) is 2.79. The number of hydrogen-bond donors (Lipinski definition) is 2. The Labute approximate surface area is 99.6 Å². The van der Waals surface area contributed by atoms with Crippen LogP contribution in [-0.4, -0.2) is 40.0 Å². The lowest BCUT2D eigenvalue weighted by Crippen LogP contribution is -2.13. The lowest BCUT2D eigenvalue weighted by atomic mass is 10.4. The van der Waals surface area contributed by atoms with Crippen molar-refractivity contribution in [3.8, 4) is 5.88 Å². The number of rotatable bonds is 4. The smallest absolute Gasteiger partial charge is 0.392 e. The number of alkyl halides is 3. The van der Waals surface area contributed by atoms with Crippen LogP contribution in [0.5, 0.6) is 5.88 Å². The van der Waals surface area contributed by atoms with Gasteiger partial charge in [0.1, 0.15) is 5.39 Å². The molecule has 0 aliphatic heterocycles. The highest BCUT2D eigenvalue weighted by Gasteiger charge is 2.27. The summed E-state index contributed by atoms with van der Waals surface area (Å²) in [6, 6.07) is 0. The molecule has 2 rings (SSSR count). The van der Waals surface area contributed by atoms with E-state index in [0.29, 0.717) is 11.0 Å². The first kappa shape index (κ1) is 12.4. The van der Waals surface area contributed by atoms with Gasteiger partial charge in [-0.1, -0.05) is 0 Å². The molecule has 0 aromatic carbocycles. The molecule has 9 heteroatoms. The summed E-state index contributed by atoms with van der Waals surface area (Å²) in [6.07, 6.45) is -3.89. The van der Waals surface area contributed by atoms with Crippen LogP contribution in [0.25, 0.3) is 11.0 Å². The van der Waals surface area contributed by atoms with E-state index in [0.717, 1.165) is 0 Å². The molecular weight excluding hydrogens is 251 g/mol. The minimum Gasteiger partial charge on any atom is -0.477 e. The number of fused-ring (bicyclic) bond motifs is 1. The maximum atomic E-state index is 12.0. The van der Waals surface area contributed by atoms with Crippen LogP contribution in [0.15, 0.2) is 6.20 Å². The van der Waals surface area contributed by atoms with Crippen molar-refractivity contribution in [3.05, 3.63) is 6.20 Å². The van der Waals surface area contributed by atoms with Crippen LogP contribution in [0.4, 0.5) is 19.1 Å². The molecule has 0 unspecified atom stereocenters. The van der Waals surface area contributed by atoms with Crippen molar-refractivity contribution in [2.45, 2.75) is 12.6 Å². The van der Waals surface area contributed by atoms with Gasteiger partial charge < -0.3 is 10.1 Å². The van der Waals surface area contributed by atoms with E-state index in [9.17, 15) is 13.2 Å². The van der Waals surface area contributed by atoms with Crippen molar-refractivity contribution in [3.63, 3.8) is 0 Å². The largest absolute Gasteiger partial charge is 0.477 e. The molecule has 2 heterocycles. The number of anilines is 1. The van der Waals surface area contributed by atoms with E-state index < -0.39 is 19.2 Å². The quantitative estimate of drug-likeness (QED) is 0.876.